The van der Waals surface area contributed by atoms with Crippen LogP contribution in [0.2, 0.25) is 0 Å². The molecule has 0 amide bonds. The first kappa shape index (κ1) is 12.2. The summed E-state index contributed by atoms with van der Waals surface area (Å²) in [6.07, 6.45) is 6.78. The maximum Gasteiger partial charge on any atom is 0.319 e. The van der Waals surface area contributed by atoms with E-state index in [0.717, 1.165) is 10.3 Å². The summed E-state index contributed by atoms with van der Waals surface area (Å²) in [7, 11) is 0. The molecule has 2 aromatic heterocycles. The van der Waals surface area contributed by atoms with Gasteiger partial charge in [0, 0.05) is 25.0 Å². The normalized spacial score (nSPS) is 15.3. The number of aromatic nitrogens is 5. The summed E-state index contributed by atoms with van der Waals surface area (Å²) in [5, 5.41) is 11.2. The molecule has 0 saturated heterocycles. The topological polar surface area (TPSA) is 60.6 Å². The van der Waals surface area contributed by atoms with Gasteiger partial charge in [-0.15, -0.1) is 5.10 Å². The third-order valence-electron chi connectivity index (χ3n) is 3.00. The molecule has 19 heavy (non-hydrogen) atoms. The van der Waals surface area contributed by atoms with Gasteiger partial charge >= 0.3 is 6.55 Å². The van der Waals surface area contributed by atoms with Crippen molar-refractivity contribution in [2.45, 2.75) is 38.5 Å². The molecule has 6 nitrogen and oxygen atoms in total. The number of hydrogen-bond acceptors (Lipinski definition) is 4. The zero-order valence-corrected chi connectivity index (χ0v) is 10.2. The first-order valence-corrected chi connectivity index (χ1v) is 6.14. The molecule has 2 heterocycles. The molecule has 8 heteroatoms. The van der Waals surface area contributed by atoms with Crippen LogP contribution in [-0.4, -0.2) is 30.6 Å². The summed E-state index contributed by atoms with van der Waals surface area (Å²) in [5.41, 5.74) is 0.807. The van der Waals surface area contributed by atoms with Crippen molar-refractivity contribution in [2.24, 2.45) is 0 Å². The van der Waals surface area contributed by atoms with Crippen molar-refractivity contribution >= 4 is 0 Å². The van der Waals surface area contributed by atoms with Crippen LogP contribution in [0.5, 0.6) is 0 Å². The third kappa shape index (κ3) is 2.95. The zero-order valence-electron chi connectivity index (χ0n) is 10.2. The Hall–Kier alpha value is -1.83. The van der Waals surface area contributed by atoms with E-state index in [2.05, 4.69) is 20.6 Å². The molecule has 1 saturated carbocycles. The molecule has 2 aromatic rings. The Labute approximate surface area is 108 Å². The fourth-order valence-electron chi connectivity index (χ4n) is 1.82. The second kappa shape index (κ2) is 5.04. The van der Waals surface area contributed by atoms with Crippen LogP contribution in [0.3, 0.4) is 0 Å². The van der Waals surface area contributed by atoms with Crippen molar-refractivity contribution in [3.8, 4) is 0 Å². The quantitative estimate of drug-likeness (QED) is 0.854. The Morgan fingerprint density at radius 1 is 1.42 bits per heavy atom. The predicted molar refractivity (Wildman–Crippen MR) is 62.5 cm³/mol. The maximum absolute atomic E-state index is 12.7. The van der Waals surface area contributed by atoms with Crippen molar-refractivity contribution in [2.75, 3.05) is 0 Å². The fourth-order valence-corrected chi connectivity index (χ4v) is 1.82. The summed E-state index contributed by atoms with van der Waals surface area (Å²) < 4.78 is 27.6. The molecule has 0 spiro atoms. The molecule has 1 aliphatic carbocycles. The minimum Gasteiger partial charge on any atom is -0.308 e. The van der Waals surface area contributed by atoms with Crippen molar-refractivity contribution in [1.82, 2.24) is 29.9 Å². The number of alkyl halides is 2. The van der Waals surface area contributed by atoms with E-state index in [1.54, 1.807) is 6.20 Å². The van der Waals surface area contributed by atoms with E-state index in [-0.39, 0.29) is 12.4 Å². The number of hydrogen-bond donors (Lipinski definition) is 1. The van der Waals surface area contributed by atoms with Crippen LogP contribution in [0, 0.1) is 0 Å². The average Bonchev–Trinajstić information content (AvgIpc) is 2.91. The van der Waals surface area contributed by atoms with Gasteiger partial charge in [0.05, 0.1) is 11.9 Å². The summed E-state index contributed by atoms with van der Waals surface area (Å²) in [4.78, 5) is 3.90. The average molecular weight is 268 g/mol. The van der Waals surface area contributed by atoms with Crippen LogP contribution in [-0.2, 0) is 13.1 Å². The smallest absolute Gasteiger partial charge is 0.308 e. The van der Waals surface area contributed by atoms with Crippen LogP contribution in [0.4, 0.5) is 8.78 Å². The first-order chi connectivity index (χ1) is 9.22. The largest absolute Gasteiger partial charge is 0.319 e. The highest BCUT2D eigenvalue weighted by molar-refractivity contribution is 4.98. The van der Waals surface area contributed by atoms with Crippen molar-refractivity contribution in [3.63, 3.8) is 0 Å². The number of imidazole rings is 1. The lowest BCUT2D eigenvalue weighted by Gasteiger charge is -2.05. The van der Waals surface area contributed by atoms with Crippen LogP contribution >= 0.6 is 0 Å². The summed E-state index contributed by atoms with van der Waals surface area (Å²) >= 11 is 0. The Morgan fingerprint density at radius 2 is 2.26 bits per heavy atom. The highest BCUT2D eigenvalue weighted by Crippen LogP contribution is 2.19. The molecule has 102 valence electrons. The molecule has 1 aliphatic rings. The van der Waals surface area contributed by atoms with E-state index in [1.165, 1.54) is 29.9 Å². The third-order valence-corrected chi connectivity index (χ3v) is 3.00. The lowest BCUT2D eigenvalue weighted by atomic mass is 10.4. The zero-order chi connectivity index (χ0) is 13.2. The summed E-state index contributed by atoms with van der Waals surface area (Å²) in [5.74, 6) is 0.265. The first-order valence-electron chi connectivity index (χ1n) is 6.14. The molecule has 0 unspecified atom stereocenters. The van der Waals surface area contributed by atoms with E-state index < -0.39 is 6.55 Å². The number of nitrogens with one attached hydrogen (secondary N) is 1. The molecule has 3 rings (SSSR count). The Balaban J connectivity index is 1.63. The van der Waals surface area contributed by atoms with Crippen LogP contribution < -0.4 is 5.32 Å². The Kier molecular flexibility index (Phi) is 3.24. The van der Waals surface area contributed by atoms with Gasteiger partial charge in [0.1, 0.15) is 12.4 Å². The van der Waals surface area contributed by atoms with Crippen molar-refractivity contribution in [3.05, 3.63) is 30.1 Å². The number of rotatable bonds is 6. The minimum atomic E-state index is -2.59. The summed E-state index contributed by atoms with van der Waals surface area (Å²) in [6.45, 7) is -1.74. The van der Waals surface area contributed by atoms with E-state index in [9.17, 15) is 8.78 Å². The SMILES string of the molecule is FC(F)n1ccnc1Cn1cc(CNC2CC2)nn1. The van der Waals surface area contributed by atoms with Gasteiger partial charge in [0.15, 0.2) is 0 Å². The standard InChI is InChI=1S/C11H14F2N6/c12-11(13)19-4-3-14-10(19)7-18-6-9(16-17-18)5-15-8-1-2-8/h3-4,6,8,11,15H,1-2,5,7H2. The van der Waals surface area contributed by atoms with Gasteiger partial charge in [0.2, 0.25) is 0 Å². The molecule has 0 radical (unpaired) electrons. The molecular weight excluding hydrogens is 254 g/mol. The highest BCUT2D eigenvalue weighted by atomic mass is 19.3. The van der Waals surface area contributed by atoms with Gasteiger partial charge in [0.25, 0.3) is 0 Å². The van der Waals surface area contributed by atoms with Crippen molar-refractivity contribution in [1.29, 1.82) is 0 Å². The van der Waals surface area contributed by atoms with Gasteiger partial charge in [-0.2, -0.15) is 8.78 Å². The maximum atomic E-state index is 12.7. The highest BCUT2D eigenvalue weighted by Gasteiger charge is 2.20. The summed E-state index contributed by atoms with van der Waals surface area (Å²) in [6, 6.07) is 0.600. The fraction of sp³-hybridized carbons (Fsp3) is 0.545. The van der Waals surface area contributed by atoms with Gasteiger partial charge < -0.3 is 5.32 Å². The van der Waals surface area contributed by atoms with Gasteiger partial charge in [-0.05, 0) is 12.8 Å². The number of nitrogens with zero attached hydrogens (tertiary/aromatic N) is 5. The lowest BCUT2D eigenvalue weighted by Crippen LogP contribution is -2.15. The van der Waals surface area contributed by atoms with Gasteiger partial charge in [-0.3, -0.25) is 4.57 Å². The molecule has 0 aliphatic heterocycles. The van der Waals surface area contributed by atoms with Gasteiger partial charge in [-0.1, -0.05) is 5.21 Å². The van der Waals surface area contributed by atoms with Gasteiger partial charge in [-0.25, -0.2) is 9.67 Å². The predicted octanol–water partition coefficient (Wildman–Crippen LogP) is 1.17. The lowest BCUT2D eigenvalue weighted by molar-refractivity contribution is 0.0665. The molecule has 0 atom stereocenters. The van der Waals surface area contributed by atoms with E-state index in [0.29, 0.717) is 12.6 Å². The Morgan fingerprint density at radius 3 is 3.00 bits per heavy atom. The number of halogens is 2. The second-order valence-corrected chi connectivity index (χ2v) is 4.59. The molecule has 1 N–H and O–H groups in total. The monoisotopic (exact) mass is 268 g/mol. The van der Waals surface area contributed by atoms with Crippen LogP contribution in [0.1, 0.15) is 30.9 Å². The van der Waals surface area contributed by atoms with E-state index in [1.807, 2.05) is 0 Å². The van der Waals surface area contributed by atoms with Crippen molar-refractivity contribution < 1.29 is 8.78 Å². The van der Waals surface area contributed by atoms with E-state index in [4.69, 9.17) is 0 Å². The molecule has 1 fully saturated rings. The Bertz CT molecular complexity index is 545. The van der Waals surface area contributed by atoms with E-state index >= 15 is 0 Å². The molecule has 0 bridgehead atoms. The second-order valence-electron chi connectivity index (χ2n) is 4.59. The van der Waals surface area contributed by atoms with Crippen LogP contribution in [0.15, 0.2) is 18.6 Å². The molecular formula is C11H14F2N6. The minimum absolute atomic E-state index is 0.188. The van der Waals surface area contributed by atoms with Crippen LogP contribution in [0.25, 0.3) is 0 Å². The molecule has 0 aromatic carbocycles.